The molecule has 0 aromatic carbocycles. The number of hydrogen-bond acceptors (Lipinski definition) is 2. The van der Waals surface area contributed by atoms with Crippen molar-refractivity contribution in [2.24, 2.45) is 10.8 Å². The Morgan fingerprint density at radius 3 is 2.32 bits per heavy atom. The fraction of sp³-hybridized carbons (Fsp3) is 0.938. The van der Waals surface area contributed by atoms with E-state index >= 15 is 0 Å². The smallest absolute Gasteiger partial charge is 0.237 e. The molecular formula is C16H30N2O. The average Bonchev–Trinajstić information content (AvgIpc) is 2.31. The van der Waals surface area contributed by atoms with E-state index in [1.165, 1.54) is 19.3 Å². The fourth-order valence-electron chi connectivity index (χ4n) is 3.49. The molecular weight excluding hydrogens is 236 g/mol. The highest BCUT2D eigenvalue weighted by molar-refractivity contribution is 5.83. The van der Waals surface area contributed by atoms with Crippen molar-refractivity contribution in [1.82, 2.24) is 10.6 Å². The van der Waals surface area contributed by atoms with Crippen LogP contribution < -0.4 is 10.6 Å². The van der Waals surface area contributed by atoms with E-state index in [1.54, 1.807) is 0 Å². The van der Waals surface area contributed by atoms with Gasteiger partial charge in [-0.1, -0.05) is 27.7 Å². The van der Waals surface area contributed by atoms with Crippen molar-refractivity contribution in [1.29, 1.82) is 0 Å². The maximum atomic E-state index is 12.5. The molecule has 2 aliphatic rings. The van der Waals surface area contributed by atoms with Crippen molar-refractivity contribution in [2.45, 2.75) is 78.3 Å². The van der Waals surface area contributed by atoms with Gasteiger partial charge < -0.3 is 10.6 Å². The second-order valence-corrected chi connectivity index (χ2v) is 7.93. The van der Waals surface area contributed by atoms with E-state index in [0.29, 0.717) is 11.5 Å². The Labute approximate surface area is 117 Å². The van der Waals surface area contributed by atoms with Crippen molar-refractivity contribution >= 4 is 5.91 Å². The summed E-state index contributed by atoms with van der Waals surface area (Å²) < 4.78 is 0. The highest BCUT2D eigenvalue weighted by Gasteiger charge is 2.38. The molecule has 2 fully saturated rings. The quantitative estimate of drug-likeness (QED) is 0.807. The number of carbonyl (C=O) groups excluding carboxylic acids is 1. The van der Waals surface area contributed by atoms with E-state index in [-0.39, 0.29) is 17.4 Å². The summed E-state index contributed by atoms with van der Waals surface area (Å²) in [5, 5.41) is 6.68. The Hall–Kier alpha value is -0.570. The Kier molecular flexibility index (Phi) is 4.24. The van der Waals surface area contributed by atoms with Gasteiger partial charge in [-0.15, -0.1) is 0 Å². The summed E-state index contributed by atoms with van der Waals surface area (Å²) in [5.41, 5.74) is 0.542. The molecule has 1 heterocycles. The first-order chi connectivity index (χ1) is 8.80. The Balaban J connectivity index is 1.87. The van der Waals surface area contributed by atoms with Gasteiger partial charge in [0, 0.05) is 6.04 Å². The lowest BCUT2D eigenvalue weighted by Crippen LogP contribution is -2.57. The monoisotopic (exact) mass is 266 g/mol. The average molecular weight is 266 g/mol. The molecule has 1 atom stereocenters. The van der Waals surface area contributed by atoms with Crippen LogP contribution in [0.2, 0.25) is 0 Å². The summed E-state index contributed by atoms with van der Waals surface area (Å²) in [4.78, 5) is 12.5. The van der Waals surface area contributed by atoms with Gasteiger partial charge in [-0.3, -0.25) is 4.79 Å². The summed E-state index contributed by atoms with van der Waals surface area (Å²) in [6, 6.07) is 0.372. The molecule has 0 aromatic rings. The van der Waals surface area contributed by atoms with Crippen LogP contribution in [0.5, 0.6) is 0 Å². The number of rotatable bonds is 2. The highest BCUT2D eigenvalue weighted by Crippen LogP contribution is 2.35. The van der Waals surface area contributed by atoms with Gasteiger partial charge in [0.15, 0.2) is 0 Å². The lowest BCUT2D eigenvalue weighted by atomic mass is 9.74. The second kappa shape index (κ2) is 5.43. The topological polar surface area (TPSA) is 41.1 Å². The minimum atomic E-state index is -0.0174. The van der Waals surface area contributed by atoms with E-state index in [2.05, 4.69) is 38.3 Å². The third-order valence-corrected chi connectivity index (χ3v) is 5.08. The molecule has 1 aliphatic heterocycles. The molecule has 110 valence electrons. The maximum Gasteiger partial charge on any atom is 0.237 e. The zero-order valence-corrected chi connectivity index (χ0v) is 13.0. The summed E-state index contributed by atoms with van der Waals surface area (Å²) in [5.74, 6) is 0.217. The summed E-state index contributed by atoms with van der Waals surface area (Å²) in [7, 11) is 0. The van der Waals surface area contributed by atoms with Gasteiger partial charge in [-0.05, 0) is 55.9 Å². The number of amides is 1. The molecule has 2 rings (SSSR count). The molecule has 3 heteroatoms. The zero-order chi connectivity index (χ0) is 14.1. The van der Waals surface area contributed by atoms with Gasteiger partial charge in [0.25, 0.3) is 0 Å². The third-order valence-electron chi connectivity index (χ3n) is 5.08. The summed E-state index contributed by atoms with van der Waals surface area (Å²) >= 11 is 0. The van der Waals surface area contributed by atoms with Crippen molar-refractivity contribution < 1.29 is 4.79 Å². The van der Waals surface area contributed by atoms with Crippen LogP contribution in [0.4, 0.5) is 0 Å². The SMILES string of the molecule is CC1(C)CCC(NC(=O)C2NCCCC2(C)C)CC1. The molecule has 0 aromatic heterocycles. The molecule has 1 aliphatic carbocycles. The van der Waals surface area contributed by atoms with Crippen molar-refractivity contribution in [2.75, 3.05) is 6.54 Å². The van der Waals surface area contributed by atoms with Crippen LogP contribution in [0.25, 0.3) is 0 Å². The molecule has 2 N–H and O–H groups in total. The summed E-state index contributed by atoms with van der Waals surface area (Å²) in [6.07, 6.45) is 7.01. The predicted molar refractivity (Wildman–Crippen MR) is 79.0 cm³/mol. The van der Waals surface area contributed by atoms with Crippen molar-refractivity contribution in [3.8, 4) is 0 Å². The minimum absolute atomic E-state index is 0.0174. The van der Waals surface area contributed by atoms with E-state index in [9.17, 15) is 4.79 Å². The molecule has 1 saturated carbocycles. The largest absolute Gasteiger partial charge is 0.352 e. The van der Waals surface area contributed by atoms with Gasteiger partial charge in [0.2, 0.25) is 5.91 Å². The van der Waals surface area contributed by atoms with Gasteiger partial charge >= 0.3 is 0 Å². The first-order valence-corrected chi connectivity index (χ1v) is 7.84. The van der Waals surface area contributed by atoms with Crippen LogP contribution in [0.15, 0.2) is 0 Å². The highest BCUT2D eigenvalue weighted by atomic mass is 16.2. The maximum absolute atomic E-state index is 12.5. The molecule has 1 saturated heterocycles. The standard InChI is InChI=1S/C16H30N2O/c1-15(2)9-6-12(7-10-15)18-14(19)13-16(3,4)8-5-11-17-13/h12-13,17H,5-11H2,1-4H3,(H,18,19). The van der Waals surface area contributed by atoms with Crippen molar-refractivity contribution in [3.63, 3.8) is 0 Å². The van der Waals surface area contributed by atoms with Crippen LogP contribution >= 0.6 is 0 Å². The number of piperidine rings is 1. The van der Waals surface area contributed by atoms with Crippen molar-refractivity contribution in [3.05, 3.63) is 0 Å². The Morgan fingerprint density at radius 2 is 1.74 bits per heavy atom. The van der Waals surface area contributed by atoms with Crippen LogP contribution in [0, 0.1) is 10.8 Å². The minimum Gasteiger partial charge on any atom is -0.352 e. The molecule has 1 unspecified atom stereocenters. The van der Waals surface area contributed by atoms with Gasteiger partial charge in [0.05, 0.1) is 6.04 Å². The van der Waals surface area contributed by atoms with E-state index in [4.69, 9.17) is 0 Å². The molecule has 0 bridgehead atoms. The molecule has 0 radical (unpaired) electrons. The van der Waals surface area contributed by atoms with Crippen LogP contribution in [-0.2, 0) is 4.79 Å². The second-order valence-electron chi connectivity index (χ2n) is 7.93. The predicted octanol–water partition coefficient (Wildman–Crippen LogP) is 2.85. The van der Waals surface area contributed by atoms with Gasteiger partial charge in [-0.25, -0.2) is 0 Å². The zero-order valence-electron chi connectivity index (χ0n) is 13.0. The number of nitrogens with one attached hydrogen (secondary N) is 2. The normalized spacial score (nSPS) is 30.8. The molecule has 0 spiro atoms. The van der Waals surface area contributed by atoms with Gasteiger partial charge in [0.1, 0.15) is 0 Å². The molecule has 19 heavy (non-hydrogen) atoms. The summed E-state index contributed by atoms with van der Waals surface area (Å²) in [6.45, 7) is 10.0. The molecule has 3 nitrogen and oxygen atoms in total. The molecule has 1 amide bonds. The number of carbonyl (C=O) groups is 1. The fourth-order valence-corrected chi connectivity index (χ4v) is 3.49. The van der Waals surface area contributed by atoms with Gasteiger partial charge in [-0.2, -0.15) is 0 Å². The Bertz CT molecular complexity index is 326. The first kappa shape index (κ1) is 14.8. The lowest BCUT2D eigenvalue weighted by Gasteiger charge is -2.40. The van der Waals surface area contributed by atoms with Crippen LogP contribution in [0.1, 0.15) is 66.2 Å². The van der Waals surface area contributed by atoms with E-state index < -0.39 is 0 Å². The van der Waals surface area contributed by atoms with E-state index in [0.717, 1.165) is 25.8 Å². The Morgan fingerprint density at radius 1 is 1.11 bits per heavy atom. The van der Waals surface area contributed by atoms with E-state index in [1.807, 2.05) is 0 Å². The number of hydrogen-bond donors (Lipinski definition) is 2. The lowest BCUT2D eigenvalue weighted by molar-refractivity contribution is -0.127. The van der Waals surface area contributed by atoms with Crippen LogP contribution in [0.3, 0.4) is 0 Å². The van der Waals surface area contributed by atoms with Crippen LogP contribution in [-0.4, -0.2) is 24.5 Å². The first-order valence-electron chi connectivity index (χ1n) is 7.84. The third kappa shape index (κ3) is 3.71.